The highest BCUT2D eigenvalue weighted by Gasteiger charge is 2.21. The van der Waals surface area contributed by atoms with Crippen molar-refractivity contribution in [2.75, 3.05) is 11.9 Å². The average Bonchev–Trinajstić information content (AvgIpc) is 3.17. The molecule has 1 aromatic heterocycles. The first-order chi connectivity index (χ1) is 15.3. The second-order valence-electron chi connectivity index (χ2n) is 7.35. The number of para-hydroxylation sites is 1. The predicted molar refractivity (Wildman–Crippen MR) is 129 cm³/mol. The normalized spacial score (nSPS) is 11.8. The zero-order valence-electron chi connectivity index (χ0n) is 18.5. The van der Waals surface area contributed by atoms with Gasteiger partial charge in [0.15, 0.2) is 11.0 Å². The fraction of sp³-hybridized carbons (Fsp3) is 0.304. The minimum absolute atomic E-state index is 0.105. The van der Waals surface area contributed by atoms with Crippen LogP contribution in [-0.4, -0.2) is 38.4 Å². The molecule has 0 bridgehead atoms. The summed E-state index contributed by atoms with van der Waals surface area (Å²) < 4.78 is 1.94. The summed E-state index contributed by atoms with van der Waals surface area (Å²) in [6.07, 6.45) is 0. The molecule has 0 aliphatic rings. The van der Waals surface area contributed by atoms with Crippen molar-refractivity contribution in [3.8, 4) is 11.4 Å². The van der Waals surface area contributed by atoms with Crippen LogP contribution in [0.3, 0.4) is 0 Å². The molecule has 3 aromatic rings. The van der Waals surface area contributed by atoms with Gasteiger partial charge in [0, 0.05) is 22.8 Å². The number of hydrogen-bond donors (Lipinski definition) is 2. The minimum Gasteiger partial charge on any atom is -0.346 e. The maximum absolute atomic E-state index is 12.6. The molecule has 2 aromatic carbocycles. The Labute approximate surface area is 197 Å². The number of carbonyl (C=O) groups is 2. The van der Waals surface area contributed by atoms with E-state index in [1.165, 1.54) is 11.8 Å². The number of nitrogens with zero attached hydrogens (tertiary/aromatic N) is 3. The predicted octanol–water partition coefficient (Wildman–Crippen LogP) is 4.47. The van der Waals surface area contributed by atoms with Crippen LogP contribution in [0.1, 0.15) is 25.0 Å². The molecule has 1 heterocycles. The summed E-state index contributed by atoms with van der Waals surface area (Å²) in [6, 6.07) is 13.2. The molecule has 0 saturated carbocycles. The van der Waals surface area contributed by atoms with Crippen LogP contribution < -0.4 is 10.6 Å². The molecule has 1 atom stereocenters. The Kier molecular flexibility index (Phi) is 7.93. The van der Waals surface area contributed by atoms with E-state index in [9.17, 15) is 9.59 Å². The average molecular weight is 472 g/mol. The Balaban J connectivity index is 1.60. The molecule has 0 radical (unpaired) electrons. The number of nitrogens with one attached hydrogen (secondary N) is 2. The molecule has 3 rings (SSSR count). The van der Waals surface area contributed by atoms with E-state index in [4.69, 9.17) is 11.6 Å². The molecule has 32 heavy (non-hydrogen) atoms. The van der Waals surface area contributed by atoms with Gasteiger partial charge < -0.3 is 15.2 Å². The molecule has 168 valence electrons. The van der Waals surface area contributed by atoms with Crippen LogP contribution >= 0.6 is 23.4 Å². The van der Waals surface area contributed by atoms with Crippen molar-refractivity contribution in [1.29, 1.82) is 0 Å². The number of halogens is 1. The fourth-order valence-corrected chi connectivity index (χ4v) is 4.35. The van der Waals surface area contributed by atoms with Gasteiger partial charge in [0.05, 0.1) is 11.8 Å². The van der Waals surface area contributed by atoms with Gasteiger partial charge in [0.1, 0.15) is 0 Å². The number of hydrogen-bond acceptors (Lipinski definition) is 5. The summed E-state index contributed by atoms with van der Waals surface area (Å²) in [6.45, 7) is 8.17. The second kappa shape index (κ2) is 10.7. The van der Waals surface area contributed by atoms with E-state index in [0.717, 1.165) is 22.4 Å². The first-order valence-electron chi connectivity index (χ1n) is 10.3. The first kappa shape index (κ1) is 23.8. The number of benzene rings is 2. The minimum atomic E-state index is -0.454. The molecule has 0 saturated heterocycles. The molecular weight excluding hydrogens is 446 g/mol. The van der Waals surface area contributed by atoms with Crippen LogP contribution in [0.25, 0.3) is 11.4 Å². The Morgan fingerprint density at radius 2 is 1.81 bits per heavy atom. The summed E-state index contributed by atoms with van der Waals surface area (Å²) in [5.41, 5.74) is 3.59. The summed E-state index contributed by atoms with van der Waals surface area (Å²) in [5.74, 6) is 0.174. The van der Waals surface area contributed by atoms with Crippen molar-refractivity contribution in [3.63, 3.8) is 0 Å². The molecule has 0 fully saturated rings. The van der Waals surface area contributed by atoms with Crippen LogP contribution in [0.4, 0.5) is 5.69 Å². The quantitative estimate of drug-likeness (QED) is 0.473. The zero-order chi connectivity index (χ0) is 23.3. The summed E-state index contributed by atoms with van der Waals surface area (Å²) >= 11 is 7.40. The molecular formula is C23H26ClN5O2S. The first-order valence-corrected chi connectivity index (χ1v) is 11.6. The SMILES string of the molecule is CCn1c(SC(C)C(=O)NCC(=O)Nc2c(C)cccc2C)nnc1-c1cccc(Cl)c1. The number of carbonyl (C=O) groups excluding carboxylic acids is 2. The third-order valence-electron chi connectivity index (χ3n) is 4.94. The standard InChI is InChI=1S/C23H26ClN5O2S/c1-5-29-21(17-10-7-11-18(24)12-17)27-28-23(29)32-16(4)22(31)25-13-19(30)26-20-14(2)8-6-9-15(20)3/h6-12,16H,5,13H2,1-4H3,(H,25,31)(H,26,30). The Hall–Kier alpha value is -2.84. The highest BCUT2D eigenvalue weighted by atomic mass is 35.5. The van der Waals surface area contributed by atoms with E-state index < -0.39 is 5.25 Å². The lowest BCUT2D eigenvalue weighted by molar-refractivity contribution is -0.123. The van der Waals surface area contributed by atoms with Gasteiger partial charge in [-0.15, -0.1) is 10.2 Å². The lowest BCUT2D eigenvalue weighted by Crippen LogP contribution is -2.37. The lowest BCUT2D eigenvalue weighted by atomic mass is 10.1. The maximum Gasteiger partial charge on any atom is 0.243 e. The maximum atomic E-state index is 12.6. The number of rotatable bonds is 8. The van der Waals surface area contributed by atoms with Crippen molar-refractivity contribution in [3.05, 3.63) is 58.6 Å². The second-order valence-corrected chi connectivity index (χ2v) is 9.10. The monoisotopic (exact) mass is 471 g/mol. The highest BCUT2D eigenvalue weighted by Crippen LogP contribution is 2.28. The number of thioether (sulfide) groups is 1. The Bertz CT molecular complexity index is 1110. The van der Waals surface area contributed by atoms with Gasteiger partial charge in [-0.1, -0.05) is 53.7 Å². The van der Waals surface area contributed by atoms with Gasteiger partial charge in [0.2, 0.25) is 11.8 Å². The van der Waals surface area contributed by atoms with E-state index >= 15 is 0 Å². The smallest absolute Gasteiger partial charge is 0.243 e. The zero-order valence-corrected chi connectivity index (χ0v) is 20.0. The van der Waals surface area contributed by atoms with Crippen LogP contribution in [-0.2, 0) is 16.1 Å². The third-order valence-corrected chi connectivity index (χ3v) is 6.25. The van der Waals surface area contributed by atoms with Gasteiger partial charge in [0.25, 0.3) is 0 Å². The molecule has 1 unspecified atom stereocenters. The van der Waals surface area contributed by atoms with Crippen molar-refractivity contribution >= 4 is 40.9 Å². The van der Waals surface area contributed by atoms with Crippen molar-refractivity contribution < 1.29 is 9.59 Å². The fourth-order valence-electron chi connectivity index (χ4n) is 3.22. The van der Waals surface area contributed by atoms with E-state index in [2.05, 4.69) is 20.8 Å². The highest BCUT2D eigenvalue weighted by molar-refractivity contribution is 8.00. The molecule has 2 N–H and O–H groups in total. The van der Waals surface area contributed by atoms with Gasteiger partial charge in [-0.05, 0) is 51.0 Å². The van der Waals surface area contributed by atoms with Crippen LogP contribution in [0, 0.1) is 13.8 Å². The number of amides is 2. The third kappa shape index (κ3) is 5.69. The summed E-state index contributed by atoms with van der Waals surface area (Å²) in [7, 11) is 0. The molecule has 2 amide bonds. The largest absolute Gasteiger partial charge is 0.346 e. The summed E-state index contributed by atoms with van der Waals surface area (Å²) in [5, 5.41) is 14.9. The molecule has 7 nitrogen and oxygen atoms in total. The number of aromatic nitrogens is 3. The van der Waals surface area contributed by atoms with E-state index in [1.807, 2.05) is 61.7 Å². The van der Waals surface area contributed by atoms with E-state index in [0.29, 0.717) is 22.5 Å². The van der Waals surface area contributed by atoms with E-state index in [1.54, 1.807) is 13.0 Å². The van der Waals surface area contributed by atoms with Gasteiger partial charge in [-0.3, -0.25) is 9.59 Å². The number of aryl methyl sites for hydroxylation is 2. The van der Waals surface area contributed by atoms with Gasteiger partial charge in [-0.25, -0.2) is 0 Å². The topological polar surface area (TPSA) is 88.9 Å². The number of anilines is 1. The van der Waals surface area contributed by atoms with Crippen molar-refractivity contribution in [1.82, 2.24) is 20.1 Å². The Morgan fingerprint density at radius 3 is 2.47 bits per heavy atom. The Morgan fingerprint density at radius 1 is 1.12 bits per heavy atom. The van der Waals surface area contributed by atoms with Gasteiger partial charge >= 0.3 is 0 Å². The molecule has 0 aliphatic carbocycles. The van der Waals surface area contributed by atoms with Crippen molar-refractivity contribution in [2.24, 2.45) is 0 Å². The van der Waals surface area contributed by atoms with Gasteiger partial charge in [-0.2, -0.15) is 0 Å². The van der Waals surface area contributed by atoms with Crippen LogP contribution in [0.2, 0.25) is 5.02 Å². The lowest BCUT2D eigenvalue weighted by Gasteiger charge is -2.14. The molecule has 0 spiro atoms. The van der Waals surface area contributed by atoms with E-state index in [-0.39, 0.29) is 18.4 Å². The summed E-state index contributed by atoms with van der Waals surface area (Å²) in [4.78, 5) is 24.9. The van der Waals surface area contributed by atoms with Crippen LogP contribution in [0.5, 0.6) is 0 Å². The molecule has 0 aliphatic heterocycles. The molecule has 9 heteroatoms. The van der Waals surface area contributed by atoms with Crippen molar-refractivity contribution in [2.45, 2.75) is 44.6 Å². The van der Waals surface area contributed by atoms with Crippen LogP contribution in [0.15, 0.2) is 47.6 Å².